The molecule has 0 fully saturated rings. The van der Waals surface area contributed by atoms with Gasteiger partial charge in [-0.1, -0.05) is 32.1 Å². The zero-order valence-electron chi connectivity index (χ0n) is 6.61. The predicted molar refractivity (Wildman–Crippen MR) is 53.5 cm³/mol. The molecule has 0 aliphatic heterocycles. The molecule has 1 aromatic rings. The standard InChI is InChI=1S/C7H9FINS/c1-7(2,3)4-5(9)11-6(8)10-4/h1-3H3. The molecule has 0 atom stereocenters. The van der Waals surface area contributed by atoms with Crippen LogP contribution in [-0.2, 0) is 5.41 Å². The summed E-state index contributed by atoms with van der Waals surface area (Å²) in [6, 6.07) is 0. The van der Waals surface area contributed by atoms with Gasteiger partial charge in [-0.3, -0.25) is 0 Å². The summed E-state index contributed by atoms with van der Waals surface area (Å²) in [6.45, 7) is 6.09. The molecule has 0 aliphatic rings. The van der Waals surface area contributed by atoms with E-state index in [9.17, 15) is 4.39 Å². The number of hydrogen-bond donors (Lipinski definition) is 0. The van der Waals surface area contributed by atoms with Gasteiger partial charge >= 0.3 is 0 Å². The second kappa shape index (κ2) is 2.97. The van der Waals surface area contributed by atoms with E-state index in [1.165, 1.54) is 0 Å². The van der Waals surface area contributed by atoms with Crippen molar-refractivity contribution in [3.63, 3.8) is 0 Å². The summed E-state index contributed by atoms with van der Waals surface area (Å²) < 4.78 is 13.6. The van der Waals surface area contributed by atoms with Crippen LogP contribution in [0.25, 0.3) is 0 Å². The quantitative estimate of drug-likeness (QED) is 0.667. The summed E-state index contributed by atoms with van der Waals surface area (Å²) in [7, 11) is 0. The third kappa shape index (κ3) is 2.11. The molecule has 1 aromatic heterocycles. The first kappa shape index (κ1) is 9.38. The van der Waals surface area contributed by atoms with Gasteiger partial charge in [-0.25, -0.2) is 4.98 Å². The van der Waals surface area contributed by atoms with Crippen molar-refractivity contribution in [3.05, 3.63) is 13.8 Å². The highest BCUT2D eigenvalue weighted by atomic mass is 127. The number of aromatic nitrogens is 1. The molecule has 0 spiro atoms. The van der Waals surface area contributed by atoms with Gasteiger partial charge in [0.2, 0.25) is 0 Å². The summed E-state index contributed by atoms with van der Waals surface area (Å²) in [6.07, 6.45) is 0. The predicted octanol–water partition coefficient (Wildman–Crippen LogP) is 3.18. The molecule has 0 aliphatic carbocycles. The van der Waals surface area contributed by atoms with Crippen LogP contribution < -0.4 is 0 Å². The molecule has 0 bridgehead atoms. The number of hydrogen-bond acceptors (Lipinski definition) is 2. The molecule has 1 heterocycles. The Kier molecular flexibility index (Phi) is 2.53. The Balaban J connectivity index is 3.13. The topological polar surface area (TPSA) is 12.9 Å². The second-order valence-electron chi connectivity index (χ2n) is 3.34. The van der Waals surface area contributed by atoms with E-state index in [0.717, 1.165) is 19.9 Å². The normalized spacial score (nSPS) is 12.1. The van der Waals surface area contributed by atoms with Gasteiger partial charge in [0.15, 0.2) is 0 Å². The van der Waals surface area contributed by atoms with E-state index in [2.05, 4.69) is 27.6 Å². The minimum atomic E-state index is -0.334. The van der Waals surface area contributed by atoms with Crippen LogP contribution in [0.4, 0.5) is 4.39 Å². The lowest BCUT2D eigenvalue weighted by Crippen LogP contribution is -2.13. The Morgan fingerprint density at radius 1 is 1.45 bits per heavy atom. The Labute approximate surface area is 83.2 Å². The van der Waals surface area contributed by atoms with E-state index >= 15 is 0 Å². The molecule has 0 unspecified atom stereocenters. The van der Waals surface area contributed by atoms with Crippen LogP contribution in [0.2, 0.25) is 0 Å². The molecule has 1 nitrogen and oxygen atoms in total. The van der Waals surface area contributed by atoms with Crippen LogP contribution in [0.5, 0.6) is 0 Å². The van der Waals surface area contributed by atoms with E-state index in [1.54, 1.807) is 0 Å². The highest BCUT2D eigenvalue weighted by Crippen LogP contribution is 2.29. The van der Waals surface area contributed by atoms with Crippen molar-refractivity contribution in [2.45, 2.75) is 26.2 Å². The Morgan fingerprint density at radius 3 is 2.18 bits per heavy atom. The minimum Gasteiger partial charge on any atom is -0.213 e. The van der Waals surface area contributed by atoms with Crippen LogP contribution >= 0.6 is 33.9 Å². The maximum atomic E-state index is 12.6. The Morgan fingerprint density at radius 2 is 2.00 bits per heavy atom. The molecule has 0 aromatic carbocycles. The summed E-state index contributed by atoms with van der Waals surface area (Å²) in [5, 5.41) is -0.334. The van der Waals surface area contributed by atoms with Crippen molar-refractivity contribution < 1.29 is 4.39 Å². The first-order valence-electron chi connectivity index (χ1n) is 3.23. The lowest BCUT2D eigenvalue weighted by Gasteiger charge is -2.15. The minimum absolute atomic E-state index is 0.0443. The molecule has 62 valence electrons. The first-order chi connectivity index (χ1) is 4.91. The average molecular weight is 285 g/mol. The van der Waals surface area contributed by atoms with Crippen molar-refractivity contribution in [3.8, 4) is 0 Å². The van der Waals surface area contributed by atoms with Gasteiger partial charge in [0, 0.05) is 5.41 Å². The van der Waals surface area contributed by atoms with Gasteiger partial charge in [-0.05, 0) is 22.6 Å². The van der Waals surface area contributed by atoms with Crippen molar-refractivity contribution >= 4 is 33.9 Å². The molecule has 0 amide bonds. The molecular weight excluding hydrogens is 276 g/mol. The van der Waals surface area contributed by atoms with E-state index in [-0.39, 0.29) is 10.7 Å². The molecule has 0 N–H and O–H groups in total. The zero-order valence-corrected chi connectivity index (χ0v) is 9.59. The monoisotopic (exact) mass is 285 g/mol. The number of thiazole rings is 1. The third-order valence-electron chi connectivity index (χ3n) is 1.27. The SMILES string of the molecule is CC(C)(C)c1nc(F)sc1I. The average Bonchev–Trinajstić information content (AvgIpc) is 2.08. The van der Waals surface area contributed by atoms with Gasteiger partial charge in [-0.2, -0.15) is 4.39 Å². The second-order valence-corrected chi connectivity index (χ2v) is 6.10. The van der Waals surface area contributed by atoms with Crippen LogP contribution in [0.3, 0.4) is 0 Å². The molecule has 11 heavy (non-hydrogen) atoms. The maximum absolute atomic E-state index is 12.6. The lowest BCUT2D eigenvalue weighted by atomic mass is 9.93. The molecule has 0 saturated carbocycles. The maximum Gasteiger partial charge on any atom is 0.270 e. The summed E-state index contributed by atoms with van der Waals surface area (Å²) in [5.41, 5.74) is 0.817. The van der Waals surface area contributed by atoms with E-state index in [4.69, 9.17) is 0 Å². The highest BCUT2D eigenvalue weighted by molar-refractivity contribution is 14.1. The largest absolute Gasteiger partial charge is 0.270 e. The van der Waals surface area contributed by atoms with Gasteiger partial charge in [0.05, 0.1) is 8.58 Å². The molecule has 0 radical (unpaired) electrons. The van der Waals surface area contributed by atoms with Crippen LogP contribution in [0.1, 0.15) is 26.5 Å². The van der Waals surface area contributed by atoms with E-state index < -0.39 is 0 Å². The molecule has 0 saturated heterocycles. The van der Waals surface area contributed by atoms with Gasteiger partial charge in [0.1, 0.15) is 0 Å². The van der Waals surface area contributed by atoms with Crippen LogP contribution in [0.15, 0.2) is 0 Å². The van der Waals surface area contributed by atoms with E-state index in [1.807, 2.05) is 20.8 Å². The summed E-state index contributed by atoms with van der Waals surface area (Å²) in [4.78, 5) is 3.83. The summed E-state index contributed by atoms with van der Waals surface area (Å²) in [5.74, 6) is 0. The molecule has 4 heteroatoms. The lowest BCUT2D eigenvalue weighted by molar-refractivity contribution is 0.543. The fourth-order valence-electron chi connectivity index (χ4n) is 0.739. The van der Waals surface area contributed by atoms with Gasteiger partial charge in [0.25, 0.3) is 5.26 Å². The molecular formula is C7H9FINS. The van der Waals surface area contributed by atoms with Crippen molar-refractivity contribution in [2.24, 2.45) is 0 Å². The fraction of sp³-hybridized carbons (Fsp3) is 0.571. The third-order valence-corrected chi connectivity index (χ3v) is 3.07. The number of halogens is 2. The summed E-state index contributed by atoms with van der Waals surface area (Å²) >= 11 is 3.23. The Bertz CT molecular complexity index is 264. The van der Waals surface area contributed by atoms with Crippen molar-refractivity contribution in [1.82, 2.24) is 4.98 Å². The Hall–Kier alpha value is 0.290. The zero-order chi connectivity index (χ0) is 8.65. The first-order valence-corrected chi connectivity index (χ1v) is 5.13. The van der Waals surface area contributed by atoms with Crippen molar-refractivity contribution in [2.75, 3.05) is 0 Å². The van der Waals surface area contributed by atoms with Crippen LogP contribution in [-0.4, -0.2) is 4.98 Å². The van der Waals surface area contributed by atoms with E-state index in [0.29, 0.717) is 0 Å². The van der Waals surface area contributed by atoms with Gasteiger partial charge in [-0.15, -0.1) is 0 Å². The van der Waals surface area contributed by atoms with Crippen LogP contribution in [0, 0.1) is 8.15 Å². The smallest absolute Gasteiger partial charge is 0.213 e. The van der Waals surface area contributed by atoms with Gasteiger partial charge < -0.3 is 0 Å². The fourth-order valence-corrected chi connectivity index (χ4v) is 2.95. The molecule has 1 rings (SSSR count). The number of rotatable bonds is 0. The highest BCUT2D eigenvalue weighted by Gasteiger charge is 2.21. The van der Waals surface area contributed by atoms with Crippen molar-refractivity contribution in [1.29, 1.82) is 0 Å². The number of nitrogens with zero attached hydrogens (tertiary/aromatic N) is 1.